The molecular weight excluding hydrogens is 250 g/mol. The topological polar surface area (TPSA) is 44.5 Å². The minimum absolute atomic E-state index is 0. The average molecular weight is 266 g/mol. The number of hydrogen-bond acceptors (Lipinski definition) is 3. The van der Waals surface area contributed by atoms with Crippen LogP contribution in [0.2, 0.25) is 0 Å². The van der Waals surface area contributed by atoms with Crippen molar-refractivity contribution in [2.75, 3.05) is 12.3 Å². The van der Waals surface area contributed by atoms with E-state index in [-0.39, 0.29) is 12.4 Å². The predicted octanol–water partition coefficient (Wildman–Crippen LogP) is 3.88. The Bertz CT molecular complexity index is 468. The molecule has 0 aliphatic carbocycles. The summed E-state index contributed by atoms with van der Waals surface area (Å²) in [6, 6.07) is 14.8. The van der Waals surface area contributed by atoms with Gasteiger partial charge in [0.1, 0.15) is 17.2 Å². The van der Waals surface area contributed by atoms with Crippen LogP contribution in [0.5, 0.6) is 17.2 Å². The fraction of sp³-hybridized carbons (Fsp3) is 0.143. The lowest BCUT2D eigenvalue weighted by molar-refractivity contribution is 0.339. The van der Waals surface area contributed by atoms with Crippen LogP contribution in [0, 0.1) is 0 Å². The summed E-state index contributed by atoms with van der Waals surface area (Å²) in [6.07, 6.45) is 0. The van der Waals surface area contributed by atoms with E-state index >= 15 is 0 Å². The highest BCUT2D eigenvalue weighted by atomic mass is 35.5. The van der Waals surface area contributed by atoms with Crippen molar-refractivity contribution in [2.24, 2.45) is 0 Å². The van der Waals surface area contributed by atoms with Crippen LogP contribution in [0.15, 0.2) is 48.5 Å². The van der Waals surface area contributed by atoms with Crippen molar-refractivity contribution in [3.05, 3.63) is 48.5 Å². The molecule has 0 radical (unpaired) electrons. The molecular formula is C14H16ClNO2. The van der Waals surface area contributed by atoms with Crippen molar-refractivity contribution < 1.29 is 9.47 Å². The summed E-state index contributed by atoms with van der Waals surface area (Å²) in [7, 11) is 0. The fourth-order valence-corrected chi connectivity index (χ4v) is 1.44. The molecule has 0 aromatic heterocycles. The third-order valence-electron chi connectivity index (χ3n) is 2.25. The average Bonchev–Trinajstić information content (AvgIpc) is 2.35. The van der Waals surface area contributed by atoms with Gasteiger partial charge in [-0.1, -0.05) is 0 Å². The molecule has 3 nitrogen and oxygen atoms in total. The maximum atomic E-state index is 5.66. The lowest BCUT2D eigenvalue weighted by Gasteiger charge is -2.07. The molecule has 0 saturated heterocycles. The zero-order chi connectivity index (χ0) is 12.1. The second kappa shape index (κ2) is 6.77. The lowest BCUT2D eigenvalue weighted by atomic mass is 10.3. The monoisotopic (exact) mass is 265 g/mol. The second-order valence-corrected chi connectivity index (χ2v) is 3.58. The summed E-state index contributed by atoms with van der Waals surface area (Å²) in [4.78, 5) is 0. The third kappa shape index (κ3) is 3.86. The summed E-state index contributed by atoms with van der Waals surface area (Å²) in [5.74, 6) is 2.39. The molecule has 18 heavy (non-hydrogen) atoms. The number of ether oxygens (including phenoxy) is 2. The zero-order valence-corrected chi connectivity index (χ0v) is 10.9. The van der Waals surface area contributed by atoms with Crippen molar-refractivity contribution in [2.45, 2.75) is 6.92 Å². The highest BCUT2D eigenvalue weighted by molar-refractivity contribution is 5.85. The van der Waals surface area contributed by atoms with Gasteiger partial charge in [-0.2, -0.15) is 0 Å². The van der Waals surface area contributed by atoms with E-state index in [9.17, 15) is 0 Å². The minimum Gasteiger partial charge on any atom is -0.494 e. The Morgan fingerprint density at radius 1 is 0.833 bits per heavy atom. The molecule has 0 bridgehead atoms. The molecule has 0 fully saturated rings. The molecule has 96 valence electrons. The van der Waals surface area contributed by atoms with Crippen molar-refractivity contribution >= 4 is 18.1 Å². The molecule has 2 aromatic carbocycles. The van der Waals surface area contributed by atoms with Crippen molar-refractivity contribution in [1.82, 2.24) is 0 Å². The Balaban J connectivity index is 0.00000162. The first kappa shape index (κ1) is 14.2. The van der Waals surface area contributed by atoms with E-state index in [4.69, 9.17) is 15.2 Å². The van der Waals surface area contributed by atoms with Crippen molar-refractivity contribution in [1.29, 1.82) is 0 Å². The smallest absolute Gasteiger partial charge is 0.127 e. The standard InChI is InChI=1S/C14H15NO2.ClH/c1-2-16-12-7-9-14(10-8-12)17-13-5-3-11(15)4-6-13;/h3-10H,2,15H2,1H3;1H. The van der Waals surface area contributed by atoms with Gasteiger partial charge in [0.25, 0.3) is 0 Å². The van der Waals surface area contributed by atoms with Crippen molar-refractivity contribution in [3.63, 3.8) is 0 Å². The maximum Gasteiger partial charge on any atom is 0.127 e. The van der Waals surface area contributed by atoms with E-state index in [1.54, 1.807) is 0 Å². The molecule has 2 N–H and O–H groups in total. The van der Waals surface area contributed by atoms with Gasteiger partial charge in [-0.3, -0.25) is 0 Å². The van der Waals surface area contributed by atoms with Crippen LogP contribution < -0.4 is 15.2 Å². The normalized spacial score (nSPS) is 9.39. The number of nitrogen functional groups attached to an aromatic ring is 1. The summed E-state index contributed by atoms with van der Waals surface area (Å²) in [5, 5.41) is 0. The fourth-order valence-electron chi connectivity index (χ4n) is 1.44. The van der Waals surface area contributed by atoms with Gasteiger partial charge in [-0.15, -0.1) is 12.4 Å². The molecule has 2 aromatic rings. The maximum absolute atomic E-state index is 5.66. The predicted molar refractivity (Wildman–Crippen MR) is 75.8 cm³/mol. The molecule has 0 aliphatic heterocycles. The molecule has 0 amide bonds. The van der Waals surface area contributed by atoms with Crippen LogP contribution in [0.1, 0.15) is 6.92 Å². The minimum atomic E-state index is 0. The number of rotatable bonds is 4. The van der Waals surface area contributed by atoms with Gasteiger partial charge in [0.05, 0.1) is 6.61 Å². The molecule has 4 heteroatoms. The van der Waals surface area contributed by atoms with Crippen LogP contribution >= 0.6 is 12.4 Å². The molecule has 0 saturated carbocycles. The van der Waals surface area contributed by atoms with Crippen LogP contribution in [0.25, 0.3) is 0 Å². The Morgan fingerprint density at radius 3 is 1.78 bits per heavy atom. The highest BCUT2D eigenvalue weighted by Gasteiger charge is 1.98. The number of benzene rings is 2. The first-order chi connectivity index (χ1) is 8.28. The Kier molecular flexibility index (Phi) is 5.33. The van der Waals surface area contributed by atoms with Crippen LogP contribution in [-0.4, -0.2) is 6.61 Å². The number of anilines is 1. The Morgan fingerprint density at radius 2 is 1.28 bits per heavy atom. The lowest BCUT2D eigenvalue weighted by Crippen LogP contribution is -1.91. The van der Waals surface area contributed by atoms with E-state index < -0.39 is 0 Å². The van der Waals surface area contributed by atoms with Crippen LogP contribution in [0.3, 0.4) is 0 Å². The second-order valence-electron chi connectivity index (χ2n) is 3.58. The molecule has 0 atom stereocenters. The molecule has 2 rings (SSSR count). The molecule has 0 spiro atoms. The van der Waals surface area contributed by atoms with E-state index in [1.807, 2.05) is 55.5 Å². The van der Waals surface area contributed by atoms with E-state index in [0.29, 0.717) is 6.61 Å². The Labute approximate surface area is 113 Å². The molecule has 0 heterocycles. The van der Waals surface area contributed by atoms with Gasteiger partial charge in [0, 0.05) is 5.69 Å². The van der Waals surface area contributed by atoms with Gasteiger partial charge in [-0.25, -0.2) is 0 Å². The molecule has 0 aliphatic rings. The van der Waals surface area contributed by atoms with Crippen molar-refractivity contribution in [3.8, 4) is 17.2 Å². The number of halogens is 1. The van der Waals surface area contributed by atoms with Gasteiger partial charge >= 0.3 is 0 Å². The number of nitrogens with two attached hydrogens (primary N) is 1. The van der Waals surface area contributed by atoms with Gasteiger partial charge in [0.15, 0.2) is 0 Å². The van der Waals surface area contributed by atoms with Crippen LogP contribution in [0.4, 0.5) is 5.69 Å². The highest BCUT2D eigenvalue weighted by Crippen LogP contribution is 2.24. The van der Waals surface area contributed by atoms with Gasteiger partial charge < -0.3 is 15.2 Å². The largest absolute Gasteiger partial charge is 0.494 e. The van der Waals surface area contributed by atoms with E-state index in [0.717, 1.165) is 22.9 Å². The third-order valence-corrected chi connectivity index (χ3v) is 2.25. The first-order valence-corrected chi connectivity index (χ1v) is 5.54. The van der Waals surface area contributed by atoms with E-state index in [1.165, 1.54) is 0 Å². The van der Waals surface area contributed by atoms with Gasteiger partial charge in [-0.05, 0) is 55.5 Å². The zero-order valence-electron chi connectivity index (χ0n) is 10.1. The van der Waals surface area contributed by atoms with E-state index in [2.05, 4.69) is 0 Å². The Hall–Kier alpha value is -1.87. The summed E-state index contributed by atoms with van der Waals surface area (Å²) in [5.41, 5.74) is 6.33. The molecule has 0 unspecified atom stereocenters. The summed E-state index contributed by atoms with van der Waals surface area (Å²) < 4.78 is 11.0. The first-order valence-electron chi connectivity index (χ1n) is 5.54. The number of hydrogen-bond donors (Lipinski definition) is 1. The summed E-state index contributed by atoms with van der Waals surface area (Å²) in [6.45, 7) is 2.62. The SMILES string of the molecule is CCOc1ccc(Oc2ccc(N)cc2)cc1.Cl. The summed E-state index contributed by atoms with van der Waals surface area (Å²) >= 11 is 0. The quantitative estimate of drug-likeness (QED) is 0.853. The van der Waals surface area contributed by atoms with Crippen LogP contribution in [-0.2, 0) is 0 Å². The van der Waals surface area contributed by atoms with Gasteiger partial charge in [0.2, 0.25) is 0 Å².